The summed E-state index contributed by atoms with van der Waals surface area (Å²) in [7, 11) is 0. The molecule has 0 amide bonds. The second-order valence-electron chi connectivity index (χ2n) is 4.47. The molecule has 0 bridgehead atoms. The van der Waals surface area contributed by atoms with Gasteiger partial charge in [0.25, 0.3) is 0 Å². The lowest BCUT2D eigenvalue weighted by molar-refractivity contribution is -0.127. The topological polar surface area (TPSA) is 43.1 Å². The zero-order valence-electron chi connectivity index (χ0n) is 8.75. The van der Waals surface area contributed by atoms with Crippen LogP contribution in [0.5, 0.6) is 0 Å². The summed E-state index contributed by atoms with van der Waals surface area (Å²) in [6.45, 7) is 4.70. The van der Waals surface area contributed by atoms with Crippen LogP contribution in [-0.4, -0.2) is 12.3 Å². The smallest absolute Gasteiger partial charge is 0.140 e. The Morgan fingerprint density at radius 2 is 1.92 bits per heavy atom. The Labute approximate surface area is 80.9 Å². The molecule has 0 spiro atoms. The Morgan fingerprint density at radius 1 is 1.38 bits per heavy atom. The van der Waals surface area contributed by atoms with Crippen molar-refractivity contribution in [2.24, 2.45) is 23.5 Å². The number of nitrogens with two attached hydrogens (primary N) is 1. The van der Waals surface area contributed by atoms with Crippen LogP contribution in [-0.2, 0) is 4.79 Å². The van der Waals surface area contributed by atoms with E-state index in [4.69, 9.17) is 5.73 Å². The first-order valence-corrected chi connectivity index (χ1v) is 5.40. The Balaban J connectivity index is 2.52. The van der Waals surface area contributed by atoms with E-state index in [1.807, 2.05) is 0 Å². The molecular formula is C11H21NO. The maximum atomic E-state index is 11.9. The quantitative estimate of drug-likeness (QED) is 0.724. The zero-order valence-corrected chi connectivity index (χ0v) is 8.75. The van der Waals surface area contributed by atoms with Crippen molar-refractivity contribution in [1.82, 2.24) is 0 Å². The first-order valence-electron chi connectivity index (χ1n) is 5.40. The van der Waals surface area contributed by atoms with Gasteiger partial charge in [0.15, 0.2) is 0 Å². The lowest BCUT2D eigenvalue weighted by Gasteiger charge is -2.20. The number of carbonyl (C=O) groups is 1. The van der Waals surface area contributed by atoms with E-state index in [1.165, 1.54) is 12.8 Å². The highest BCUT2D eigenvalue weighted by Crippen LogP contribution is 2.29. The minimum Gasteiger partial charge on any atom is -0.330 e. The molecule has 1 aliphatic carbocycles. The Kier molecular flexibility index (Phi) is 3.91. The summed E-state index contributed by atoms with van der Waals surface area (Å²) in [6.07, 6.45) is 4.65. The highest BCUT2D eigenvalue weighted by Gasteiger charge is 2.29. The van der Waals surface area contributed by atoms with Gasteiger partial charge >= 0.3 is 0 Å². The van der Waals surface area contributed by atoms with Crippen LogP contribution >= 0.6 is 0 Å². The zero-order chi connectivity index (χ0) is 9.84. The molecule has 0 aromatic rings. The molecule has 0 saturated heterocycles. The Morgan fingerprint density at radius 3 is 2.31 bits per heavy atom. The van der Waals surface area contributed by atoms with Crippen LogP contribution in [0.25, 0.3) is 0 Å². The Bertz CT molecular complexity index is 171. The van der Waals surface area contributed by atoms with Crippen molar-refractivity contribution in [3.63, 3.8) is 0 Å². The first kappa shape index (κ1) is 10.7. The molecule has 0 radical (unpaired) electrons. The van der Waals surface area contributed by atoms with Crippen LogP contribution in [0.15, 0.2) is 0 Å². The van der Waals surface area contributed by atoms with Crippen molar-refractivity contribution in [3.05, 3.63) is 0 Å². The minimum absolute atomic E-state index is 0.100. The molecule has 13 heavy (non-hydrogen) atoms. The van der Waals surface area contributed by atoms with E-state index in [0.717, 1.165) is 12.8 Å². The molecule has 2 heteroatoms. The Hall–Kier alpha value is -0.370. The highest BCUT2D eigenvalue weighted by atomic mass is 16.1. The van der Waals surface area contributed by atoms with E-state index in [-0.39, 0.29) is 5.92 Å². The number of hydrogen-bond acceptors (Lipinski definition) is 2. The van der Waals surface area contributed by atoms with E-state index in [0.29, 0.717) is 24.2 Å². The number of carbonyl (C=O) groups excluding carboxylic acids is 1. The third kappa shape index (κ3) is 2.53. The average molecular weight is 183 g/mol. The average Bonchev–Trinajstić information content (AvgIpc) is 2.56. The van der Waals surface area contributed by atoms with Gasteiger partial charge in [-0.3, -0.25) is 4.79 Å². The molecule has 1 unspecified atom stereocenters. The van der Waals surface area contributed by atoms with Crippen molar-refractivity contribution in [2.45, 2.75) is 39.5 Å². The second-order valence-corrected chi connectivity index (χ2v) is 4.47. The lowest BCUT2D eigenvalue weighted by Crippen LogP contribution is -2.32. The van der Waals surface area contributed by atoms with Crippen molar-refractivity contribution < 1.29 is 4.79 Å². The second kappa shape index (κ2) is 4.75. The molecule has 2 nitrogen and oxygen atoms in total. The maximum absolute atomic E-state index is 11.9. The molecule has 1 aliphatic rings. The monoisotopic (exact) mass is 183 g/mol. The van der Waals surface area contributed by atoms with Crippen LogP contribution in [0.1, 0.15) is 39.5 Å². The van der Waals surface area contributed by atoms with Gasteiger partial charge in [-0.15, -0.1) is 0 Å². The van der Waals surface area contributed by atoms with E-state index in [1.54, 1.807) is 0 Å². The number of ketones is 1. The van der Waals surface area contributed by atoms with Gasteiger partial charge in [0.1, 0.15) is 5.78 Å². The molecule has 0 aromatic heterocycles. The third-order valence-electron chi connectivity index (χ3n) is 3.18. The van der Waals surface area contributed by atoms with Crippen molar-refractivity contribution in [1.29, 1.82) is 0 Å². The van der Waals surface area contributed by atoms with E-state index in [9.17, 15) is 4.79 Å². The molecule has 2 N–H and O–H groups in total. The fraction of sp³-hybridized carbons (Fsp3) is 0.909. The molecule has 0 aromatic carbocycles. The van der Waals surface area contributed by atoms with Crippen LogP contribution < -0.4 is 5.73 Å². The molecule has 0 aliphatic heterocycles. The summed E-state index contributed by atoms with van der Waals surface area (Å²) in [5.41, 5.74) is 5.62. The van der Waals surface area contributed by atoms with E-state index >= 15 is 0 Å². The fourth-order valence-corrected chi connectivity index (χ4v) is 2.23. The standard InChI is InChI=1S/C11H21NO/c1-8(2)10(7-12)11(13)9-5-3-4-6-9/h8-10H,3-7,12H2,1-2H3. The van der Waals surface area contributed by atoms with Gasteiger partial charge in [0.2, 0.25) is 0 Å². The molecule has 0 heterocycles. The predicted octanol–water partition coefficient (Wildman–Crippen LogP) is 1.98. The van der Waals surface area contributed by atoms with Crippen LogP contribution in [0, 0.1) is 17.8 Å². The van der Waals surface area contributed by atoms with Crippen molar-refractivity contribution in [2.75, 3.05) is 6.54 Å². The van der Waals surface area contributed by atoms with Gasteiger partial charge in [-0.2, -0.15) is 0 Å². The fourth-order valence-electron chi connectivity index (χ4n) is 2.23. The third-order valence-corrected chi connectivity index (χ3v) is 3.18. The number of hydrogen-bond donors (Lipinski definition) is 1. The summed E-state index contributed by atoms with van der Waals surface area (Å²) in [6, 6.07) is 0. The van der Waals surface area contributed by atoms with Gasteiger partial charge in [-0.25, -0.2) is 0 Å². The largest absolute Gasteiger partial charge is 0.330 e. The van der Waals surface area contributed by atoms with Gasteiger partial charge in [0, 0.05) is 18.4 Å². The minimum atomic E-state index is 0.100. The van der Waals surface area contributed by atoms with Gasteiger partial charge < -0.3 is 5.73 Å². The van der Waals surface area contributed by atoms with Gasteiger partial charge in [0.05, 0.1) is 0 Å². The first-order chi connectivity index (χ1) is 6.16. The van der Waals surface area contributed by atoms with Crippen LogP contribution in [0.3, 0.4) is 0 Å². The van der Waals surface area contributed by atoms with E-state index in [2.05, 4.69) is 13.8 Å². The summed E-state index contributed by atoms with van der Waals surface area (Å²) >= 11 is 0. The summed E-state index contributed by atoms with van der Waals surface area (Å²) in [5, 5.41) is 0. The summed E-state index contributed by atoms with van der Waals surface area (Å²) < 4.78 is 0. The highest BCUT2D eigenvalue weighted by molar-refractivity contribution is 5.84. The molecule has 1 rings (SSSR count). The van der Waals surface area contributed by atoms with Gasteiger partial charge in [-0.05, 0) is 18.8 Å². The number of rotatable bonds is 4. The molecule has 1 saturated carbocycles. The molecular weight excluding hydrogens is 162 g/mol. The van der Waals surface area contributed by atoms with Crippen molar-refractivity contribution in [3.8, 4) is 0 Å². The lowest BCUT2D eigenvalue weighted by atomic mass is 9.84. The summed E-state index contributed by atoms with van der Waals surface area (Å²) in [5.74, 6) is 1.26. The summed E-state index contributed by atoms with van der Waals surface area (Å²) in [4.78, 5) is 11.9. The van der Waals surface area contributed by atoms with Crippen LogP contribution in [0.2, 0.25) is 0 Å². The predicted molar refractivity (Wildman–Crippen MR) is 54.3 cm³/mol. The normalized spacial score (nSPS) is 20.9. The molecule has 76 valence electrons. The van der Waals surface area contributed by atoms with Crippen molar-refractivity contribution >= 4 is 5.78 Å². The van der Waals surface area contributed by atoms with E-state index < -0.39 is 0 Å². The molecule has 1 atom stereocenters. The van der Waals surface area contributed by atoms with Gasteiger partial charge in [-0.1, -0.05) is 26.7 Å². The number of Topliss-reactive ketones (excluding diaryl/α,β-unsaturated/α-hetero) is 1. The maximum Gasteiger partial charge on any atom is 0.140 e. The SMILES string of the molecule is CC(C)C(CN)C(=O)C1CCCC1. The van der Waals surface area contributed by atoms with Crippen LogP contribution in [0.4, 0.5) is 0 Å². The molecule has 1 fully saturated rings.